The van der Waals surface area contributed by atoms with Crippen LogP contribution in [0.25, 0.3) is 0 Å². The van der Waals surface area contributed by atoms with Gasteiger partial charge in [-0.05, 0) is 32.0 Å². The first-order valence-corrected chi connectivity index (χ1v) is 11.4. The summed E-state index contributed by atoms with van der Waals surface area (Å²) in [6, 6.07) is 0. The summed E-state index contributed by atoms with van der Waals surface area (Å²) < 4.78 is 23.0. The van der Waals surface area contributed by atoms with Crippen molar-refractivity contribution in [3.8, 4) is 12.3 Å². The van der Waals surface area contributed by atoms with Crippen molar-refractivity contribution in [1.29, 1.82) is 0 Å². The van der Waals surface area contributed by atoms with Crippen molar-refractivity contribution in [3.63, 3.8) is 0 Å². The fourth-order valence-electron chi connectivity index (χ4n) is 2.45. The summed E-state index contributed by atoms with van der Waals surface area (Å²) in [4.78, 5) is 12.2. The van der Waals surface area contributed by atoms with Crippen molar-refractivity contribution >= 4 is 14.3 Å². The first-order valence-electron chi connectivity index (χ1n) is 8.49. The van der Waals surface area contributed by atoms with E-state index in [-0.39, 0.29) is 11.5 Å². The summed E-state index contributed by atoms with van der Waals surface area (Å²) >= 11 is 0. The molecule has 0 aliphatic carbocycles. The molecule has 0 aromatic heterocycles. The molecule has 7 heteroatoms. The second-order valence-electron chi connectivity index (χ2n) is 8.38. The lowest BCUT2D eigenvalue weighted by molar-refractivity contribution is -0.169. The second-order valence-corrected chi connectivity index (χ2v) is 13.1. The molecule has 0 aromatic carbocycles. The van der Waals surface area contributed by atoms with Gasteiger partial charge in [0.25, 0.3) is 0 Å². The van der Waals surface area contributed by atoms with Crippen LogP contribution in [-0.2, 0) is 23.4 Å². The van der Waals surface area contributed by atoms with Gasteiger partial charge in [0, 0.05) is 6.42 Å². The number of methoxy groups -OCH3 is 1. The van der Waals surface area contributed by atoms with Crippen molar-refractivity contribution in [1.82, 2.24) is 0 Å². The zero-order valence-electron chi connectivity index (χ0n) is 16.6. The highest BCUT2D eigenvalue weighted by atomic mass is 28.4. The lowest BCUT2D eigenvalue weighted by Crippen LogP contribution is -2.51. The third-order valence-electron chi connectivity index (χ3n) is 4.83. The predicted molar refractivity (Wildman–Crippen MR) is 97.4 cm³/mol. The minimum absolute atomic E-state index is 0.0535. The smallest absolute Gasteiger partial charge is 0.337 e. The second kappa shape index (κ2) is 7.76. The number of aliphatic hydroxyl groups excluding tert-OH is 1. The van der Waals surface area contributed by atoms with Crippen LogP contribution in [0.2, 0.25) is 18.1 Å². The van der Waals surface area contributed by atoms with Crippen LogP contribution >= 0.6 is 0 Å². The van der Waals surface area contributed by atoms with E-state index in [0.29, 0.717) is 0 Å². The summed E-state index contributed by atoms with van der Waals surface area (Å²) in [6.07, 6.45) is 2.26. The van der Waals surface area contributed by atoms with Gasteiger partial charge in [-0.15, -0.1) is 6.42 Å². The SMILES string of the molecule is C#C[C@H](O)C[C@H](O[Si](C)(C)C(C)(C)C)[C@@H]1OC(C)(C)O[C@@H]1C(=O)OC. The molecule has 1 fully saturated rings. The third-order valence-corrected chi connectivity index (χ3v) is 9.33. The van der Waals surface area contributed by atoms with Crippen molar-refractivity contribution in [2.45, 2.75) is 89.4 Å². The Morgan fingerprint density at radius 1 is 1.36 bits per heavy atom. The van der Waals surface area contributed by atoms with E-state index < -0.39 is 44.5 Å². The van der Waals surface area contributed by atoms with E-state index in [1.54, 1.807) is 13.8 Å². The first-order chi connectivity index (χ1) is 11.2. The molecule has 1 heterocycles. The highest BCUT2D eigenvalue weighted by molar-refractivity contribution is 6.74. The Labute approximate surface area is 152 Å². The number of hydrogen-bond acceptors (Lipinski definition) is 6. The van der Waals surface area contributed by atoms with Crippen molar-refractivity contribution in [3.05, 3.63) is 0 Å². The average Bonchev–Trinajstić information content (AvgIpc) is 2.80. The molecule has 0 radical (unpaired) electrons. The maximum Gasteiger partial charge on any atom is 0.337 e. The first kappa shape index (κ1) is 22.1. The monoisotopic (exact) mass is 372 g/mol. The zero-order valence-corrected chi connectivity index (χ0v) is 17.6. The third kappa shape index (κ3) is 5.53. The van der Waals surface area contributed by atoms with Crippen LogP contribution in [0.1, 0.15) is 41.0 Å². The van der Waals surface area contributed by atoms with Crippen LogP contribution in [0.4, 0.5) is 0 Å². The molecule has 0 amide bonds. The van der Waals surface area contributed by atoms with Crippen molar-refractivity contribution < 1.29 is 28.5 Å². The van der Waals surface area contributed by atoms with Crippen molar-refractivity contribution in [2.75, 3.05) is 7.11 Å². The fourth-order valence-corrected chi connectivity index (χ4v) is 3.79. The van der Waals surface area contributed by atoms with Gasteiger partial charge in [0.2, 0.25) is 0 Å². The normalized spacial score (nSPS) is 25.9. The highest BCUT2D eigenvalue weighted by Gasteiger charge is 2.52. The Morgan fingerprint density at radius 3 is 2.36 bits per heavy atom. The van der Waals surface area contributed by atoms with Gasteiger partial charge >= 0.3 is 5.97 Å². The number of ether oxygens (including phenoxy) is 3. The number of hydrogen-bond donors (Lipinski definition) is 1. The Hall–Kier alpha value is -0.913. The van der Waals surface area contributed by atoms with Crippen LogP contribution in [0.5, 0.6) is 0 Å². The molecule has 0 spiro atoms. The van der Waals surface area contributed by atoms with Crippen LogP contribution in [-0.4, -0.2) is 56.7 Å². The number of carbonyl (C=O) groups excluding carboxylic acids is 1. The maximum atomic E-state index is 12.2. The maximum absolute atomic E-state index is 12.2. The summed E-state index contributed by atoms with van der Waals surface area (Å²) in [5.74, 6) is 0.809. The number of rotatable bonds is 6. The van der Waals surface area contributed by atoms with Crippen molar-refractivity contribution in [2.24, 2.45) is 0 Å². The number of esters is 1. The van der Waals surface area contributed by atoms with Crippen LogP contribution in [0.3, 0.4) is 0 Å². The van der Waals surface area contributed by atoms with Gasteiger partial charge in [-0.2, -0.15) is 0 Å². The molecule has 0 unspecified atom stereocenters. The lowest BCUT2D eigenvalue weighted by atomic mass is 10.0. The molecule has 1 saturated heterocycles. The number of aliphatic hydroxyl groups is 1. The number of terminal acetylenes is 1. The van der Waals surface area contributed by atoms with E-state index in [1.807, 2.05) is 0 Å². The minimum atomic E-state index is -2.20. The lowest BCUT2D eigenvalue weighted by Gasteiger charge is -2.41. The summed E-state index contributed by atoms with van der Waals surface area (Å²) in [6.45, 7) is 14.0. The van der Waals surface area contributed by atoms with E-state index in [4.69, 9.17) is 25.1 Å². The highest BCUT2D eigenvalue weighted by Crippen LogP contribution is 2.40. The predicted octanol–water partition coefficient (Wildman–Crippen LogP) is 2.45. The topological polar surface area (TPSA) is 74.2 Å². The average molecular weight is 373 g/mol. The van der Waals surface area contributed by atoms with E-state index in [1.165, 1.54) is 7.11 Å². The van der Waals surface area contributed by atoms with Gasteiger partial charge in [0.15, 0.2) is 20.2 Å². The Balaban J connectivity index is 3.17. The van der Waals surface area contributed by atoms with Gasteiger partial charge in [-0.3, -0.25) is 0 Å². The molecule has 0 bridgehead atoms. The molecule has 25 heavy (non-hydrogen) atoms. The Morgan fingerprint density at radius 2 is 1.92 bits per heavy atom. The molecule has 6 nitrogen and oxygen atoms in total. The van der Waals surface area contributed by atoms with Gasteiger partial charge in [-0.1, -0.05) is 26.7 Å². The fraction of sp³-hybridized carbons (Fsp3) is 0.833. The molecular weight excluding hydrogens is 340 g/mol. The molecule has 4 atom stereocenters. The molecule has 144 valence electrons. The van der Waals surface area contributed by atoms with Gasteiger partial charge < -0.3 is 23.7 Å². The van der Waals surface area contributed by atoms with E-state index >= 15 is 0 Å². The summed E-state index contributed by atoms with van der Waals surface area (Å²) in [7, 11) is -0.904. The van der Waals surface area contributed by atoms with E-state index in [9.17, 15) is 9.90 Å². The molecule has 1 N–H and O–H groups in total. The number of carbonyl (C=O) groups is 1. The molecule has 1 rings (SSSR count). The molecule has 0 aromatic rings. The van der Waals surface area contributed by atoms with Gasteiger partial charge in [0.05, 0.1) is 13.2 Å². The molecule has 1 aliphatic rings. The Kier molecular flexibility index (Phi) is 6.87. The van der Waals surface area contributed by atoms with Crippen LogP contribution in [0, 0.1) is 12.3 Å². The summed E-state index contributed by atoms with van der Waals surface area (Å²) in [5, 5.41) is 9.93. The van der Waals surface area contributed by atoms with E-state index in [2.05, 4.69) is 39.8 Å². The largest absolute Gasteiger partial charge is 0.467 e. The van der Waals surface area contributed by atoms with E-state index in [0.717, 1.165) is 0 Å². The zero-order chi connectivity index (χ0) is 19.6. The standard InChI is InChI=1S/C18H32O6Si/c1-10-12(19)11-13(24-25(8,9)17(2,3)4)14-15(16(20)21-7)23-18(5,6)22-14/h1,12-15,19H,11H2,2-9H3/t12-,13-,14-,15-/m0/s1. The Bertz CT molecular complexity index is 517. The quantitative estimate of drug-likeness (QED) is 0.439. The van der Waals surface area contributed by atoms with Crippen LogP contribution < -0.4 is 0 Å². The molecule has 0 saturated carbocycles. The van der Waals surface area contributed by atoms with Gasteiger partial charge in [-0.25, -0.2) is 4.79 Å². The van der Waals surface area contributed by atoms with Gasteiger partial charge in [0.1, 0.15) is 12.2 Å². The molecular formula is C18H32O6Si. The van der Waals surface area contributed by atoms with Crippen LogP contribution in [0.15, 0.2) is 0 Å². The molecule has 1 aliphatic heterocycles. The summed E-state index contributed by atoms with van der Waals surface area (Å²) in [5.41, 5.74) is 0. The minimum Gasteiger partial charge on any atom is -0.467 e.